The summed E-state index contributed by atoms with van der Waals surface area (Å²) in [5.41, 5.74) is 2.94. The number of carbonyl (C=O) groups is 2. The van der Waals surface area contributed by atoms with Gasteiger partial charge in [0.25, 0.3) is 0 Å². The van der Waals surface area contributed by atoms with Crippen LogP contribution >= 0.6 is 11.8 Å². The topological polar surface area (TPSA) is 80.1 Å². The molecule has 3 aromatic rings. The highest BCUT2D eigenvalue weighted by Crippen LogP contribution is 2.30. The zero-order valence-corrected chi connectivity index (χ0v) is 19.8. The molecule has 9 heteroatoms. The molecular formula is C25H26FN5O2S. The summed E-state index contributed by atoms with van der Waals surface area (Å²) in [5, 5.41) is 12.3. The molecule has 2 aliphatic rings. The van der Waals surface area contributed by atoms with E-state index in [0.717, 1.165) is 48.7 Å². The lowest BCUT2D eigenvalue weighted by Crippen LogP contribution is -2.33. The van der Waals surface area contributed by atoms with E-state index in [1.54, 1.807) is 30.3 Å². The van der Waals surface area contributed by atoms with E-state index < -0.39 is 0 Å². The fourth-order valence-electron chi connectivity index (χ4n) is 4.56. The molecular weight excluding hydrogens is 453 g/mol. The number of fused-ring (bicyclic) bond motifs is 1. The molecule has 1 atom stereocenters. The van der Waals surface area contributed by atoms with E-state index in [4.69, 9.17) is 0 Å². The van der Waals surface area contributed by atoms with Crippen LogP contribution < -0.4 is 5.32 Å². The van der Waals surface area contributed by atoms with Gasteiger partial charge in [-0.1, -0.05) is 18.2 Å². The average Bonchev–Trinajstić information content (AvgIpc) is 3.45. The van der Waals surface area contributed by atoms with Gasteiger partial charge in [-0.2, -0.15) is 0 Å². The summed E-state index contributed by atoms with van der Waals surface area (Å²) in [6.45, 7) is 4.14. The van der Waals surface area contributed by atoms with Crippen molar-refractivity contribution in [3.8, 4) is 5.69 Å². The van der Waals surface area contributed by atoms with Gasteiger partial charge in [0.05, 0.1) is 18.2 Å². The zero-order valence-electron chi connectivity index (χ0n) is 19.0. The number of aromatic nitrogens is 3. The van der Waals surface area contributed by atoms with Gasteiger partial charge in [-0.05, 0) is 80.9 Å². The Labute approximate surface area is 201 Å². The lowest BCUT2D eigenvalue weighted by atomic mass is 10.1. The van der Waals surface area contributed by atoms with E-state index in [2.05, 4.69) is 27.3 Å². The van der Waals surface area contributed by atoms with Crippen LogP contribution in [0.5, 0.6) is 0 Å². The Morgan fingerprint density at radius 2 is 1.88 bits per heavy atom. The number of ketones is 1. The molecule has 176 valence electrons. The summed E-state index contributed by atoms with van der Waals surface area (Å²) in [6.07, 6.45) is 3.85. The molecule has 0 aliphatic carbocycles. The summed E-state index contributed by atoms with van der Waals surface area (Å²) in [5.74, 6) is 0.544. The van der Waals surface area contributed by atoms with Gasteiger partial charge in [0.2, 0.25) is 5.91 Å². The number of rotatable bonds is 7. The number of nitrogens with one attached hydrogen (secondary N) is 1. The number of hydrogen-bond donors (Lipinski definition) is 1. The van der Waals surface area contributed by atoms with Crippen molar-refractivity contribution in [1.29, 1.82) is 0 Å². The van der Waals surface area contributed by atoms with Gasteiger partial charge in [0.15, 0.2) is 16.8 Å². The average molecular weight is 480 g/mol. The summed E-state index contributed by atoms with van der Waals surface area (Å²) in [7, 11) is 0. The normalized spacial score (nSPS) is 16.8. The molecule has 2 aliphatic heterocycles. The number of likely N-dealkylation sites (tertiary alicyclic amines) is 1. The Balaban J connectivity index is 1.39. The third kappa shape index (κ3) is 4.63. The van der Waals surface area contributed by atoms with Gasteiger partial charge in [-0.25, -0.2) is 4.39 Å². The SMILES string of the molecule is C[C@@H](c1nnc(SCC(=O)c2ccc3c(c2)CC(=O)N3)n1-c1ccc(F)cc1)N1CCCCC1. The fourth-order valence-corrected chi connectivity index (χ4v) is 5.42. The summed E-state index contributed by atoms with van der Waals surface area (Å²) < 4.78 is 15.5. The van der Waals surface area contributed by atoms with Crippen LogP contribution in [0, 0.1) is 5.82 Å². The van der Waals surface area contributed by atoms with Crippen LogP contribution in [-0.2, 0) is 11.2 Å². The molecule has 1 fully saturated rings. The Morgan fingerprint density at radius 1 is 1.12 bits per heavy atom. The molecule has 1 saturated heterocycles. The van der Waals surface area contributed by atoms with Crippen LogP contribution in [0.2, 0.25) is 0 Å². The molecule has 0 bridgehead atoms. The molecule has 5 rings (SSSR count). The number of piperidine rings is 1. The van der Waals surface area contributed by atoms with Crippen LogP contribution in [0.4, 0.5) is 10.1 Å². The van der Waals surface area contributed by atoms with Crippen molar-refractivity contribution < 1.29 is 14.0 Å². The number of Topliss-reactive ketones (excluding diaryl/α,β-unsaturated/α-hetero) is 1. The predicted molar refractivity (Wildman–Crippen MR) is 129 cm³/mol. The summed E-state index contributed by atoms with van der Waals surface area (Å²) >= 11 is 1.31. The number of nitrogens with zero attached hydrogens (tertiary/aromatic N) is 4. The van der Waals surface area contributed by atoms with Gasteiger partial charge in [0.1, 0.15) is 5.82 Å². The van der Waals surface area contributed by atoms with Crippen LogP contribution in [0.1, 0.15) is 54.0 Å². The number of halogens is 1. The number of amides is 1. The zero-order chi connectivity index (χ0) is 23.7. The van der Waals surface area contributed by atoms with Crippen molar-refractivity contribution in [2.24, 2.45) is 0 Å². The molecule has 0 spiro atoms. The molecule has 2 aromatic carbocycles. The van der Waals surface area contributed by atoms with Crippen LogP contribution in [0.15, 0.2) is 47.6 Å². The third-order valence-electron chi connectivity index (χ3n) is 6.44. The van der Waals surface area contributed by atoms with Gasteiger partial charge in [0, 0.05) is 16.9 Å². The minimum atomic E-state index is -0.309. The first-order valence-corrected chi connectivity index (χ1v) is 12.5. The van der Waals surface area contributed by atoms with Gasteiger partial charge < -0.3 is 5.32 Å². The Hall–Kier alpha value is -3.04. The van der Waals surface area contributed by atoms with E-state index in [0.29, 0.717) is 17.1 Å². The van der Waals surface area contributed by atoms with Crippen molar-refractivity contribution in [2.75, 3.05) is 24.2 Å². The first-order valence-electron chi connectivity index (χ1n) is 11.5. The molecule has 34 heavy (non-hydrogen) atoms. The number of hydrogen-bond acceptors (Lipinski definition) is 6. The molecule has 1 aromatic heterocycles. The highest BCUT2D eigenvalue weighted by molar-refractivity contribution is 7.99. The first-order chi connectivity index (χ1) is 16.5. The van der Waals surface area contributed by atoms with Crippen LogP contribution in [0.3, 0.4) is 0 Å². The number of benzene rings is 2. The van der Waals surface area contributed by atoms with E-state index in [-0.39, 0.29) is 29.3 Å². The Kier molecular flexibility index (Phi) is 6.47. The number of carbonyl (C=O) groups excluding carboxylic acids is 2. The maximum absolute atomic E-state index is 13.6. The van der Waals surface area contributed by atoms with E-state index in [9.17, 15) is 14.0 Å². The van der Waals surface area contributed by atoms with Crippen LogP contribution in [0.25, 0.3) is 5.69 Å². The minimum Gasteiger partial charge on any atom is -0.326 e. The number of thioether (sulfide) groups is 1. The smallest absolute Gasteiger partial charge is 0.228 e. The largest absolute Gasteiger partial charge is 0.326 e. The predicted octanol–water partition coefficient (Wildman–Crippen LogP) is 4.42. The second kappa shape index (κ2) is 9.68. The Bertz CT molecular complexity index is 1220. The van der Waals surface area contributed by atoms with Crippen molar-refractivity contribution in [3.05, 3.63) is 65.2 Å². The summed E-state index contributed by atoms with van der Waals surface area (Å²) in [6, 6.07) is 11.6. The Morgan fingerprint density at radius 3 is 2.65 bits per heavy atom. The molecule has 1 amide bonds. The van der Waals surface area contributed by atoms with Crippen LogP contribution in [-0.4, -0.2) is 50.2 Å². The van der Waals surface area contributed by atoms with Crippen molar-refractivity contribution in [1.82, 2.24) is 19.7 Å². The second-order valence-corrected chi connectivity index (χ2v) is 9.68. The highest BCUT2D eigenvalue weighted by Gasteiger charge is 2.26. The molecule has 0 radical (unpaired) electrons. The maximum atomic E-state index is 13.6. The molecule has 0 saturated carbocycles. The summed E-state index contributed by atoms with van der Waals surface area (Å²) in [4.78, 5) is 26.9. The molecule has 0 unspecified atom stereocenters. The highest BCUT2D eigenvalue weighted by atomic mass is 32.2. The maximum Gasteiger partial charge on any atom is 0.228 e. The van der Waals surface area contributed by atoms with Gasteiger partial charge in [-0.3, -0.25) is 19.1 Å². The van der Waals surface area contributed by atoms with E-state index >= 15 is 0 Å². The van der Waals surface area contributed by atoms with Crippen molar-refractivity contribution in [2.45, 2.75) is 43.8 Å². The lowest BCUT2D eigenvalue weighted by Gasteiger charge is -2.31. The quantitative estimate of drug-likeness (QED) is 0.399. The fraction of sp³-hybridized carbons (Fsp3) is 0.360. The third-order valence-corrected chi connectivity index (χ3v) is 7.37. The first kappa shape index (κ1) is 22.7. The second-order valence-electron chi connectivity index (χ2n) is 8.73. The molecule has 7 nitrogen and oxygen atoms in total. The number of anilines is 1. The monoisotopic (exact) mass is 479 g/mol. The van der Waals surface area contributed by atoms with Gasteiger partial charge in [-0.15, -0.1) is 10.2 Å². The van der Waals surface area contributed by atoms with Gasteiger partial charge >= 0.3 is 0 Å². The molecule has 3 heterocycles. The van der Waals surface area contributed by atoms with E-state index in [1.807, 2.05) is 4.57 Å². The van der Waals surface area contributed by atoms with Crippen molar-refractivity contribution in [3.63, 3.8) is 0 Å². The molecule has 1 N–H and O–H groups in total. The lowest BCUT2D eigenvalue weighted by molar-refractivity contribution is -0.115. The minimum absolute atomic E-state index is 0.0460. The standard InChI is InChI=1S/C25H26FN5O2S/c1-16(30-11-3-2-4-12-30)24-28-29-25(31(24)20-8-6-19(26)7-9-20)34-15-22(32)17-5-10-21-18(13-17)14-23(33)27-21/h5-10,13,16H,2-4,11-12,14-15H2,1H3,(H,27,33)/t16-/m0/s1. The van der Waals surface area contributed by atoms with E-state index in [1.165, 1.54) is 30.3 Å². The van der Waals surface area contributed by atoms with Crippen molar-refractivity contribution >= 4 is 29.1 Å².